The van der Waals surface area contributed by atoms with Crippen molar-refractivity contribution in [2.24, 2.45) is 17.6 Å². The Morgan fingerprint density at radius 3 is 2.47 bits per heavy atom. The SMILES string of the molecule is CCOC(=O)C(N)CSC(C)(C)C1CCC(C)CC1. The third-order valence-electron chi connectivity index (χ3n) is 4.22. The van der Waals surface area contributed by atoms with Crippen molar-refractivity contribution in [3.8, 4) is 0 Å². The lowest BCUT2D eigenvalue weighted by atomic mass is 9.77. The topological polar surface area (TPSA) is 52.3 Å². The molecule has 4 heteroatoms. The van der Waals surface area contributed by atoms with Gasteiger partial charge in [0.1, 0.15) is 6.04 Å². The highest BCUT2D eigenvalue weighted by Gasteiger charge is 2.33. The smallest absolute Gasteiger partial charge is 0.323 e. The van der Waals surface area contributed by atoms with Crippen LogP contribution in [-0.2, 0) is 9.53 Å². The zero-order valence-electron chi connectivity index (χ0n) is 12.8. The molecule has 3 nitrogen and oxygen atoms in total. The fraction of sp³-hybridized carbons (Fsp3) is 0.933. The van der Waals surface area contributed by atoms with Crippen molar-refractivity contribution in [3.63, 3.8) is 0 Å². The lowest BCUT2D eigenvalue weighted by Gasteiger charge is -2.38. The summed E-state index contributed by atoms with van der Waals surface area (Å²) >= 11 is 1.82. The largest absolute Gasteiger partial charge is 0.465 e. The van der Waals surface area contributed by atoms with Crippen molar-refractivity contribution in [2.45, 2.75) is 64.2 Å². The lowest BCUT2D eigenvalue weighted by molar-refractivity contribution is -0.144. The Kier molecular flexibility index (Phi) is 6.67. The van der Waals surface area contributed by atoms with E-state index in [1.807, 2.05) is 18.7 Å². The van der Waals surface area contributed by atoms with E-state index < -0.39 is 6.04 Å². The molecule has 0 saturated heterocycles. The molecule has 1 aliphatic rings. The van der Waals surface area contributed by atoms with Gasteiger partial charge in [-0.3, -0.25) is 4.79 Å². The van der Waals surface area contributed by atoms with Gasteiger partial charge in [0, 0.05) is 10.5 Å². The summed E-state index contributed by atoms with van der Waals surface area (Å²) in [5.41, 5.74) is 5.87. The van der Waals surface area contributed by atoms with E-state index in [-0.39, 0.29) is 10.7 Å². The Bertz CT molecular complexity index is 286. The number of carbonyl (C=O) groups excluding carboxylic acids is 1. The fourth-order valence-electron chi connectivity index (χ4n) is 2.70. The third kappa shape index (κ3) is 5.35. The Morgan fingerprint density at radius 2 is 1.95 bits per heavy atom. The third-order valence-corrected chi connectivity index (χ3v) is 5.83. The second kappa shape index (κ2) is 7.53. The van der Waals surface area contributed by atoms with Gasteiger partial charge in [-0.2, -0.15) is 11.8 Å². The summed E-state index contributed by atoms with van der Waals surface area (Å²) in [6.45, 7) is 9.13. The molecule has 2 N–H and O–H groups in total. The minimum absolute atomic E-state index is 0.199. The zero-order chi connectivity index (χ0) is 14.5. The minimum Gasteiger partial charge on any atom is -0.465 e. The van der Waals surface area contributed by atoms with Crippen molar-refractivity contribution in [3.05, 3.63) is 0 Å². The van der Waals surface area contributed by atoms with E-state index in [0.29, 0.717) is 12.4 Å². The van der Waals surface area contributed by atoms with Crippen molar-refractivity contribution in [1.82, 2.24) is 0 Å². The van der Waals surface area contributed by atoms with Gasteiger partial charge < -0.3 is 10.5 Å². The van der Waals surface area contributed by atoms with Gasteiger partial charge in [0.05, 0.1) is 6.61 Å². The summed E-state index contributed by atoms with van der Waals surface area (Å²) in [4.78, 5) is 11.5. The van der Waals surface area contributed by atoms with Crippen molar-refractivity contribution < 1.29 is 9.53 Å². The lowest BCUT2D eigenvalue weighted by Crippen LogP contribution is -2.38. The maximum Gasteiger partial charge on any atom is 0.323 e. The number of thioether (sulfide) groups is 1. The standard InChI is InChI=1S/C15H29NO2S/c1-5-18-14(17)13(16)10-19-15(3,4)12-8-6-11(2)7-9-12/h11-13H,5-10,16H2,1-4H3. The molecule has 1 saturated carbocycles. The molecule has 112 valence electrons. The molecule has 1 atom stereocenters. The maximum atomic E-state index is 11.5. The first-order valence-corrected chi connectivity index (χ1v) is 8.41. The molecular formula is C15H29NO2S. The van der Waals surface area contributed by atoms with Crippen LogP contribution < -0.4 is 5.73 Å². The van der Waals surface area contributed by atoms with Crippen LogP contribution in [0.1, 0.15) is 53.4 Å². The summed E-state index contributed by atoms with van der Waals surface area (Å²) < 4.78 is 5.15. The second-order valence-electron chi connectivity index (χ2n) is 6.23. The molecule has 0 aromatic carbocycles. The molecule has 0 radical (unpaired) electrons. The quantitative estimate of drug-likeness (QED) is 0.762. The average Bonchev–Trinajstić information content (AvgIpc) is 2.37. The fourth-order valence-corrected chi connectivity index (χ4v) is 3.91. The number of carbonyl (C=O) groups is 1. The van der Waals surface area contributed by atoms with Crippen molar-refractivity contribution >= 4 is 17.7 Å². The molecule has 0 aliphatic heterocycles. The summed E-state index contributed by atoms with van der Waals surface area (Å²) in [6, 6.07) is -0.494. The van der Waals surface area contributed by atoms with E-state index in [1.54, 1.807) is 0 Å². The Balaban J connectivity index is 2.39. The highest BCUT2D eigenvalue weighted by molar-refractivity contribution is 8.00. The van der Waals surface area contributed by atoms with Crippen LogP contribution in [0.2, 0.25) is 0 Å². The molecule has 0 bridgehead atoms. The molecule has 1 fully saturated rings. The highest BCUT2D eigenvalue weighted by atomic mass is 32.2. The Morgan fingerprint density at radius 1 is 1.37 bits per heavy atom. The van der Waals surface area contributed by atoms with E-state index in [1.165, 1.54) is 25.7 Å². The number of ether oxygens (including phenoxy) is 1. The maximum absolute atomic E-state index is 11.5. The van der Waals surface area contributed by atoms with Crippen molar-refractivity contribution in [2.75, 3.05) is 12.4 Å². The first kappa shape index (κ1) is 16.8. The Labute approximate surface area is 122 Å². The van der Waals surface area contributed by atoms with Gasteiger partial charge in [-0.05, 0) is 31.6 Å². The van der Waals surface area contributed by atoms with Gasteiger partial charge in [0.15, 0.2) is 0 Å². The van der Waals surface area contributed by atoms with E-state index >= 15 is 0 Å². The first-order chi connectivity index (χ1) is 8.86. The Hall–Kier alpha value is -0.220. The predicted octanol–water partition coefficient (Wildman–Crippen LogP) is 3.21. The molecule has 1 rings (SSSR count). The second-order valence-corrected chi connectivity index (χ2v) is 7.90. The molecule has 1 unspecified atom stereocenters. The normalized spacial score (nSPS) is 25.9. The average molecular weight is 287 g/mol. The highest BCUT2D eigenvalue weighted by Crippen LogP contribution is 2.42. The minimum atomic E-state index is -0.494. The van der Waals surface area contributed by atoms with Crippen LogP contribution in [0, 0.1) is 11.8 Å². The molecule has 0 aromatic rings. The van der Waals surface area contributed by atoms with Crippen LogP contribution in [0.15, 0.2) is 0 Å². The van der Waals surface area contributed by atoms with Gasteiger partial charge in [0.25, 0.3) is 0 Å². The molecule has 0 aromatic heterocycles. The van der Waals surface area contributed by atoms with Gasteiger partial charge in [0.2, 0.25) is 0 Å². The molecule has 1 aliphatic carbocycles. The van der Waals surface area contributed by atoms with Gasteiger partial charge in [-0.1, -0.05) is 33.6 Å². The van der Waals surface area contributed by atoms with Gasteiger partial charge >= 0.3 is 5.97 Å². The van der Waals surface area contributed by atoms with Crippen LogP contribution in [0.4, 0.5) is 0 Å². The van der Waals surface area contributed by atoms with Crippen LogP contribution in [0.5, 0.6) is 0 Å². The summed E-state index contributed by atoms with van der Waals surface area (Å²) in [5.74, 6) is 1.99. The van der Waals surface area contributed by atoms with Gasteiger partial charge in [-0.25, -0.2) is 0 Å². The van der Waals surface area contributed by atoms with Gasteiger partial charge in [-0.15, -0.1) is 0 Å². The number of hydrogen-bond acceptors (Lipinski definition) is 4. The summed E-state index contributed by atoms with van der Waals surface area (Å²) in [5, 5.41) is 0. The molecule has 0 spiro atoms. The molecular weight excluding hydrogens is 258 g/mol. The van der Waals surface area contributed by atoms with Crippen LogP contribution >= 0.6 is 11.8 Å². The molecule has 19 heavy (non-hydrogen) atoms. The number of nitrogens with two attached hydrogens (primary N) is 1. The van der Waals surface area contributed by atoms with E-state index in [2.05, 4.69) is 20.8 Å². The number of esters is 1. The monoisotopic (exact) mass is 287 g/mol. The zero-order valence-corrected chi connectivity index (χ0v) is 13.6. The van der Waals surface area contributed by atoms with E-state index in [4.69, 9.17) is 10.5 Å². The molecule has 0 amide bonds. The first-order valence-electron chi connectivity index (χ1n) is 7.43. The number of hydrogen-bond donors (Lipinski definition) is 1. The van der Waals surface area contributed by atoms with Crippen LogP contribution in [-0.4, -0.2) is 29.1 Å². The number of rotatable bonds is 6. The summed E-state index contributed by atoms with van der Waals surface area (Å²) in [6.07, 6.45) is 5.27. The van der Waals surface area contributed by atoms with Crippen LogP contribution in [0.25, 0.3) is 0 Å². The van der Waals surface area contributed by atoms with E-state index in [9.17, 15) is 4.79 Å². The molecule has 0 heterocycles. The van der Waals surface area contributed by atoms with E-state index in [0.717, 1.165) is 11.8 Å². The van der Waals surface area contributed by atoms with Crippen molar-refractivity contribution in [1.29, 1.82) is 0 Å². The predicted molar refractivity (Wildman–Crippen MR) is 82.3 cm³/mol. The summed E-state index contributed by atoms with van der Waals surface area (Å²) in [7, 11) is 0. The van der Waals surface area contributed by atoms with Crippen LogP contribution in [0.3, 0.4) is 0 Å².